The van der Waals surface area contributed by atoms with Gasteiger partial charge >= 0.3 is 0 Å². The van der Waals surface area contributed by atoms with Gasteiger partial charge in [0.15, 0.2) is 12.2 Å². The molecule has 1 heterocycles. The lowest BCUT2D eigenvalue weighted by molar-refractivity contribution is -0.795. The molecule has 0 aromatic carbocycles. The zero-order valence-electron chi connectivity index (χ0n) is 14.5. The highest BCUT2D eigenvalue weighted by atomic mass is 16.6. The molecular formula is C17H34NO4+. The summed E-state index contributed by atoms with van der Waals surface area (Å²) in [7, 11) is 0. The molecule has 0 unspecified atom stereocenters. The minimum Gasteiger partial charge on any atom is -0.374 e. The highest BCUT2D eigenvalue weighted by molar-refractivity contribution is 5.60. The van der Waals surface area contributed by atoms with Crippen LogP contribution in [0.5, 0.6) is 0 Å². The third-order valence-corrected chi connectivity index (χ3v) is 3.89. The second-order valence-electron chi connectivity index (χ2n) is 5.90. The van der Waals surface area contributed by atoms with Gasteiger partial charge in [0.2, 0.25) is 6.21 Å². The summed E-state index contributed by atoms with van der Waals surface area (Å²) < 4.78 is 18.8. The zero-order chi connectivity index (χ0) is 16.2. The van der Waals surface area contributed by atoms with E-state index in [1.165, 1.54) is 4.74 Å². The van der Waals surface area contributed by atoms with E-state index in [2.05, 4.69) is 20.8 Å². The van der Waals surface area contributed by atoms with Crippen LogP contribution in [0.2, 0.25) is 0 Å². The highest BCUT2D eigenvalue weighted by Gasteiger charge is 2.46. The molecule has 1 N–H and O–H groups in total. The van der Waals surface area contributed by atoms with Crippen LogP contribution < -0.4 is 0 Å². The lowest BCUT2D eigenvalue weighted by Crippen LogP contribution is -2.42. The van der Waals surface area contributed by atoms with Crippen LogP contribution in [0.4, 0.5) is 0 Å². The van der Waals surface area contributed by atoms with Crippen molar-refractivity contribution in [3.8, 4) is 0 Å². The van der Waals surface area contributed by atoms with Crippen molar-refractivity contribution in [3.05, 3.63) is 0 Å². The number of rotatable bonds is 13. The van der Waals surface area contributed by atoms with Crippen LogP contribution in [0.3, 0.4) is 0 Å². The molecule has 1 aliphatic rings. The molecule has 130 valence electrons. The molecule has 0 aliphatic carbocycles. The fourth-order valence-electron chi connectivity index (χ4n) is 2.41. The summed E-state index contributed by atoms with van der Waals surface area (Å²) >= 11 is 0. The van der Waals surface area contributed by atoms with Gasteiger partial charge in [-0.3, -0.25) is 5.21 Å². The molecule has 0 saturated heterocycles. The molecule has 0 aromatic rings. The summed E-state index contributed by atoms with van der Waals surface area (Å²) in [5.41, 5.74) is 0. The van der Waals surface area contributed by atoms with Crippen LogP contribution in [0.1, 0.15) is 59.3 Å². The Hall–Kier alpha value is -0.650. The van der Waals surface area contributed by atoms with E-state index in [0.717, 1.165) is 45.1 Å². The highest BCUT2D eigenvalue weighted by Crippen LogP contribution is 2.18. The van der Waals surface area contributed by atoms with Crippen molar-refractivity contribution >= 4 is 6.21 Å². The van der Waals surface area contributed by atoms with Gasteiger partial charge in [0, 0.05) is 19.8 Å². The maximum Gasteiger partial charge on any atom is 0.253 e. The molecule has 5 nitrogen and oxygen atoms in total. The first kappa shape index (κ1) is 19.4. The maximum atomic E-state index is 10.1. The first-order valence-electron chi connectivity index (χ1n) is 8.87. The van der Waals surface area contributed by atoms with Gasteiger partial charge in [0.05, 0.1) is 0 Å². The van der Waals surface area contributed by atoms with Crippen LogP contribution in [-0.2, 0) is 14.2 Å². The van der Waals surface area contributed by atoms with Crippen molar-refractivity contribution < 1.29 is 24.2 Å². The summed E-state index contributed by atoms with van der Waals surface area (Å²) in [5.74, 6) is 0. The van der Waals surface area contributed by atoms with E-state index in [0.29, 0.717) is 19.8 Å². The van der Waals surface area contributed by atoms with Crippen molar-refractivity contribution in [3.63, 3.8) is 0 Å². The number of hydrogen-bond acceptors (Lipinski definition) is 4. The lowest BCUT2D eigenvalue weighted by Gasteiger charge is -2.20. The van der Waals surface area contributed by atoms with Gasteiger partial charge in [0.1, 0.15) is 6.61 Å². The second-order valence-corrected chi connectivity index (χ2v) is 5.90. The molecule has 1 aliphatic heterocycles. The van der Waals surface area contributed by atoms with E-state index >= 15 is 0 Å². The third-order valence-electron chi connectivity index (χ3n) is 3.89. The van der Waals surface area contributed by atoms with Gasteiger partial charge in [-0.2, -0.15) is 0 Å². The van der Waals surface area contributed by atoms with Crippen molar-refractivity contribution in [2.75, 3.05) is 26.4 Å². The molecule has 1 rings (SSSR count). The molecule has 0 radical (unpaired) electrons. The monoisotopic (exact) mass is 316 g/mol. The van der Waals surface area contributed by atoms with Gasteiger partial charge in [-0.25, -0.2) is 0 Å². The van der Waals surface area contributed by atoms with Crippen molar-refractivity contribution in [2.24, 2.45) is 0 Å². The summed E-state index contributed by atoms with van der Waals surface area (Å²) in [4.78, 5) is 0. The van der Waals surface area contributed by atoms with Crippen LogP contribution in [0.15, 0.2) is 0 Å². The average molecular weight is 316 g/mol. The Bertz CT molecular complexity index is 309. The minimum atomic E-state index is -0.187. The van der Waals surface area contributed by atoms with Crippen LogP contribution >= 0.6 is 0 Å². The SMILES string of the molecule is CCCCOC[C@H]1[C@H](OCCCC)[C@@H](OCCCC)C=[N+]1O. The molecule has 22 heavy (non-hydrogen) atoms. The summed E-state index contributed by atoms with van der Waals surface area (Å²) in [6.45, 7) is 9.01. The van der Waals surface area contributed by atoms with Crippen molar-refractivity contribution in [1.82, 2.24) is 0 Å². The standard InChI is InChI=1S/C17H34NO4/c1-4-7-10-20-14-15-17(22-12-9-6-3)16(13-18(15)19)21-11-8-5-2/h13,15-17,19H,4-12,14H2,1-3H3/q+1/t15-,16-,17-/m0/s1. The van der Waals surface area contributed by atoms with Gasteiger partial charge in [-0.1, -0.05) is 40.0 Å². The Kier molecular flexibility index (Phi) is 10.5. The quantitative estimate of drug-likeness (QED) is 0.322. The Morgan fingerprint density at radius 2 is 1.50 bits per heavy atom. The normalized spacial score (nSPS) is 24.7. The molecule has 5 heteroatoms. The minimum absolute atomic E-state index is 0.157. The fraction of sp³-hybridized carbons (Fsp3) is 0.941. The molecule has 3 atom stereocenters. The lowest BCUT2D eigenvalue weighted by atomic mass is 10.1. The smallest absolute Gasteiger partial charge is 0.253 e. The second kappa shape index (κ2) is 11.9. The van der Waals surface area contributed by atoms with Crippen LogP contribution in [-0.4, -0.2) is 60.8 Å². The maximum absolute atomic E-state index is 10.1. The number of ether oxygens (including phenoxy) is 3. The van der Waals surface area contributed by atoms with Crippen LogP contribution in [0.25, 0.3) is 0 Å². The van der Waals surface area contributed by atoms with E-state index < -0.39 is 0 Å². The molecule has 0 aromatic heterocycles. The van der Waals surface area contributed by atoms with Crippen LogP contribution in [0, 0.1) is 0 Å². The van der Waals surface area contributed by atoms with E-state index in [-0.39, 0.29) is 18.2 Å². The van der Waals surface area contributed by atoms with E-state index in [9.17, 15) is 5.21 Å². The Morgan fingerprint density at radius 3 is 2.14 bits per heavy atom. The third kappa shape index (κ3) is 6.63. The van der Waals surface area contributed by atoms with Gasteiger partial charge < -0.3 is 14.2 Å². The zero-order valence-corrected chi connectivity index (χ0v) is 14.5. The Morgan fingerprint density at radius 1 is 0.909 bits per heavy atom. The average Bonchev–Trinajstić information content (AvgIpc) is 2.80. The predicted molar refractivity (Wildman–Crippen MR) is 86.9 cm³/mol. The molecule has 0 amide bonds. The number of hydrogen-bond donors (Lipinski definition) is 1. The molecule has 0 spiro atoms. The van der Waals surface area contributed by atoms with Crippen molar-refractivity contribution in [1.29, 1.82) is 0 Å². The van der Waals surface area contributed by atoms with E-state index in [4.69, 9.17) is 14.2 Å². The molecule has 0 bridgehead atoms. The molecule has 0 saturated carbocycles. The van der Waals surface area contributed by atoms with E-state index in [1.807, 2.05) is 0 Å². The molecule has 0 fully saturated rings. The number of unbranched alkanes of at least 4 members (excludes halogenated alkanes) is 3. The van der Waals surface area contributed by atoms with E-state index in [1.54, 1.807) is 6.21 Å². The Labute approximate surface area is 135 Å². The predicted octanol–water partition coefficient (Wildman–Crippen LogP) is 3.03. The van der Waals surface area contributed by atoms with Crippen molar-refractivity contribution in [2.45, 2.75) is 77.5 Å². The first-order valence-corrected chi connectivity index (χ1v) is 8.87. The summed E-state index contributed by atoms with van der Waals surface area (Å²) in [6.07, 6.45) is 7.77. The largest absolute Gasteiger partial charge is 0.374 e. The first-order chi connectivity index (χ1) is 10.7. The van der Waals surface area contributed by atoms with Gasteiger partial charge in [0.25, 0.3) is 6.04 Å². The fourth-order valence-corrected chi connectivity index (χ4v) is 2.41. The topological polar surface area (TPSA) is 50.9 Å². The molecular weight excluding hydrogens is 282 g/mol. The summed E-state index contributed by atoms with van der Waals surface area (Å²) in [5, 5.41) is 10.1. The number of nitrogens with zero attached hydrogens (tertiary/aromatic N) is 1. The number of hydroxylamine groups is 1. The summed E-state index contributed by atoms with van der Waals surface area (Å²) in [6, 6.07) is -0.180. The Balaban J connectivity index is 2.51. The van der Waals surface area contributed by atoms with Gasteiger partial charge in [-0.15, -0.1) is 0 Å². The van der Waals surface area contributed by atoms with Gasteiger partial charge in [-0.05, 0) is 24.0 Å².